The standard InChI is InChI=1S/C22H26O4S.2ClH.Ru/c1-7-8-18-14-20(10-12-22(18)26-16(4)5)27(23,24)19-9-11-21(17(6)13-19)25-15(2)3;;;/h6-16H,1-5H3;2*1H;/q;;;+2/p-2. The van der Waals surface area contributed by atoms with Crippen LogP contribution in [0, 0.1) is 0 Å². The van der Waals surface area contributed by atoms with Crippen LogP contribution in [0.15, 0.2) is 52.3 Å². The fourth-order valence-corrected chi connectivity index (χ4v) is 5.83. The summed E-state index contributed by atoms with van der Waals surface area (Å²) in [5.74, 6) is 1.19. The number of halogens is 2. The summed E-state index contributed by atoms with van der Waals surface area (Å²) in [6.07, 6.45) is 3.58. The quantitative estimate of drug-likeness (QED) is 0.362. The minimum atomic E-state index is -3.76. The molecule has 0 bridgehead atoms. The second-order valence-electron chi connectivity index (χ2n) is 7.04. The van der Waals surface area contributed by atoms with Crippen molar-refractivity contribution in [1.82, 2.24) is 0 Å². The molecule has 0 fully saturated rings. The van der Waals surface area contributed by atoms with Crippen LogP contribution >= 0.6 is 19.4 Å². The van der Waals surface area contributed by atoms with E-state index in [2.05, 4.69) is 0 Å². The SMILES string of the molecule is CC=Cc1cc(S(=O)(=O)c2ccc(OC(C)C)c([CH]=[Ru]([Cl])[Cl])c2)ccc1OC(C)C. The van der Waals surface area contributed by atoms with Gasteiger partial charge in [-0.2, -0.15) is 0 Å². The molecule has 0 saturated carbocycles. The molecule has 0 radical (unpaired) electrons. The van der Waals surface area contributed by atoms with Crippen molar-refractivity contribution >= 4 is 39.9 Å². The average molecular weight is 558 g/mol. The summed E-state index contributed by atoms with van der Waals surface area (Å²) >= 11 is -2.18. The third-order valence-corrected chi connectivity index (χ3v) is 7.42. The van der Waals surface area contributed by atoms with Crippen molar-refractivity contribution in [3.63, 3.8) is 0 Å². The van der Waals surface area contributed by atoms with Gasteiger partial charge in [-0.25, -0.2) is 0 Å². The van der Waals surface area contributed by atoms with Gasteiger partial charge in [0, 0.05) is 0 Å². The van der Waals surface area contributed by atoms with Gasteiger partial charge in [0.25, 0.3) is 0 Å². The normalized spacial score (nSPS) is 12.5. The van der Waals surface area contributed by atoms with Crippen molar-refractivity contribution in [2.75, 3.05) is 0 Å². The van der Waals surface area contributed by atoms with Gasteiger partial charge in [-0.1, -0.05) is 0 Å². The molecule has 0 saturated heterocycles. The number of sulfone groups is 1. The second-order valence-corrected chi connectivity index (χ2v) is 14.7. The molecule has 8 heteroatoms. The van der Waals surface area contributed by atoms with Gasteiger partial charge < -0.3 is 0 Å². The first-order valence-electron chi connectivity index (χ1n) is 9.37. The van der Waals surface area contributed by atoms with Crippen LogP contribution in [0.1, 0.15) is 45.7 Å². The van der Waals surface area contributed by atoms with Gasteiger partial charge >= 0.3 is 193 Å². The van der Waals surface area contributed by atoms with Crippen LogP contribution < -0.4 is 9.47 Å². The maximum absolute atomic E-state index is 13.3. The first-order valence-corrected chi connectivity index (χ1v) is 16.3. The average Bonchev–Trinajstić information content (AvgIpc) is 2.63. The number of rotatable bonds is 8. The molecule has 0 spiro atoms. The predicted molar refractivity (Wildman–Crippen MR) is 121 cm³/mol. The van der Waals surface area contributed by atoms with Gasteiger partial charge in [-0.05, 0) is 0 Å². The Balaban J connectivity index is 2.58. The number of hydrogen-bond acceptors (Lipinski definition) is 4. The summed E-state index contributed by atoms with van der Waals surface area (Å²) in [6.45, 7) is 9.51. The van der Waals surface area contributed by atoms with E-state index in [1.165, 1.54) is 6.07 Å². The molecule has 0 aliphatic heterocycles. The van der Waals surface area contributed by atoms with E-state index >= 15 is 0 Å². The Morgan fingerprint density at radius 3 is 1.77 bits per heavy atom. The summed E-state index contributed by atoms with van der Waals surface area (Å²) in [5.41, 5.74) is 1.29. The number of allylic oxidation sites excluding steroid dienone is 1. The zero-order valence-electron chi connectivity index (χ0n) is 17.5. The Hall–Kier alpha value is -1.20. The molecule has 0 aliphatic carbocycles. The van der Waals surface area contributed by atoms with E-state index in [4.69, 9.17) is 28.9 Å². The van der Waals surface area contributed by atoms with Crippen LogP contribution in [0.25, 0.3) is 6.08 Å². The molecule has 0 amide bonds. The summed E-state index contributed by atoms with van der Waals surface area (Å²) < 4.78 is 39.9. The Morgan fingerprint density at radius 2 is 1.33 bits per heavy atom. The molecule has 0 aromatic heterocycles. The predicted octanol–water partition coefficient (Wildman–Crippen LogP) is 6.20. The fraction of sp³-hybridized carbons (Fsp3) is 0.318. The number of benzene rings is 2. The zero-order chi connectivity index (χ0) is 22.5. The summed E-state index contributed by atoms with van der Waals surface area (Å²) in [4.78, 5) is 0.332. The summed E-state index contributed by atoms with van der Waals surface area (Å²) in [5, 5.41) is 0. The Labute approximate surface area is 192 Å². The van der Waals surface area contributed by atoms with Gasteiger partial charge in [-0.15, -0.1) is 0 Å². The van der Waals surface area contributed by atoms with Gasteiger partial charge in [0.2, 0.25) is 0 Å². The van der Waals surface area contributed by atoms with Crippen molar-refractivity contribution in [2.24, 2.45) is 0 Å². The van der Waals surface area contributed by atoms with E-state index in [-0.39, 0.29) is 22.0 Å². The van der Waals surface area contributed by atoms with Crippen molar-refractivity contribution in [1.29, 1.82) is 0 Å². The third-order valence-electron chi connectivity index (χ3n) is 3.84. The zero-order valence-corrected chi connectivity index (χ0v) is 21.6. The molecule has 0 heterocycles. The van der Waals surface area contributed by atoms with Gasteiger partial charge in [-0.3, -0.25) is 0 Å². The van der Waals surface area contributed by atoms with Crippen LogP contribution in [0.3, 0.4) is 0 Å². The fourth-order valence-electron chi connectivity index (χ4n) is 2.72. The molecular weight excluding hydrogens is 532 g/mol. The second kappa shape index (κ2) is 10.9. The number of hydrogen-bond donors (Lipinski definition) is 0. The van der Waals surface area contributed by atoms with Crippen LogP contribution in [0.2, 0.25) is 0 Å². The molecule has 2 rings (SSSR count). The van der Waals surface area contributed by atoms with Gasteiger partial charge in [0.05, 0.1) is 0 Å². The van der Waals surface area contributed by atoms with Crippen LogP contribution in [-0.4, -0.2) is 25.2 Å². The van der Waals surface area contributed by atoms with Crippen molar-refractivity contribution in [2.45, 2.75) is 56.6 Å². The van der Waals surface area contributed by atoms with Crippen LogP contribution in [0.5, 0.6) is 11.5 Å². The molecule has 0 unspecified atom stereocenters. The van der Waals surface area contributed by atoms with Crippen molar-refractivity contribution in [3.05, 3.63) is 53.6 Å². The third kappa shape index (κ3) is 6.65. The van der Waals surface area contributed by atoms with Crippen LogP contribution in [0.4, 0.5) is 0 Å². The van der Waals surface area contributed by atoms with E-state index in [0.29, 0.717) is 22.6 Å². The van der Waals surface area contributed by atoms with E-state index in [1.54, 1.807) is 34.9 Å². The monoisotopic (exact) mass is 558 g/mol. The number of ether oxygens (including phenoxy) is 2. The summed E-state index contributed by atoms with van der Waals surface area (Å²) in [7, 11) is 8.33. The maximum atomic E-state index is 13.3. The minimum absolute atomic E-state index is 0.0218. The Kier molecular flexibility index (Phi) is 9.11. The molecule has 0 atom stereocenters. The van der Waals surface area contributed by atoms with E-state index in [0.717, 1.165) is 0 Å². The first-order chi connectivity index (χ1) is 14.0. The van der Waals surface area contributed by atoms with E-state index in [9.17, 15) is 8.42 Å². The van der Waals surface area contributed by atoms with Gasteiger partial charge in [0.15, 0.2) is 0 Å². The molecule has 2 aromatic carbocycles. The molecule has 0 N–H and O–H groups in total. The Morgan fingerprint density at radius 1 is 0.867 bits per heavy atom. The van der Waals surface area contributed by atoms with Crippen molar-refractivity contribution < 1.29 is 31.4 Å². The Bertz CT molecular complexity index is 1060. The van der Waals surface area contributed by atoms with E-state index in [1.807, 2.05) is 46.8 Å². The first kappa shape index (κ1) is 25.1. The molecule has 0 aliphatic rings. The molecular formula is C22H26Cl2O4RuS. The van der Waals surface area contributed by atoms with Gasteiger partial charge in [0.1, 0.15) is 0 Å². The molecule has 2 aromatic rings. The molecule has 4 nitrogen and oxygen atoms in total. The van der Waals surface area contributed by atoms with Crippen LogP contribution in [-0.2, 0) is 23.4 Å². The van der Waals surface area contributed by atoms with E-state index < -0.39 is 23.4 Å². The summed E-state index contributed by atoms with van der Waals surface area (Å²) in [6, 6.07) is 9.61. The van der Waals surface area contributed by atoms with Crippen molar-refractivity contribution in [3.8, 4) is 11.5 Å². The molecule has 30 heavy (non-hydrogen) atoms. The molecule has 166 valence electrons. The topological polar surface area (TPSA) is 52.6 Å².